The lowest BCUT2D eigenvalue weighted by atomic mass is 10.2. The lowest BCUT2D eigenvalue weighted by Gasteiger charge is -2.10. The number of halogens is 1. The maximum atomic E-state index is 11.9. The highest BCUT2D eigenvalue weighted by Crippen LogP contribution is 2.26. The second-order valence-corrected chi connectivity index (χ2v) is 5.57. The lowest BCUT2D eigenvalue weighted by Crippen LogP contribution is -2.17. The minimum absolute atomic E-state index is 0.0273. The van der Waals surface area contributed by atoms with Crippen molar-refractivity contribution < 1.29 is 14.7 Å². The topological polar surface area (TPSA) is 66.4 Å². The Morgan fingerprint density at radius 2 is 1.81 bits per heavy atom. The van der Waals surface area contributed by atoms with Gasteiger partial charge in [0.2, 0.25) is 5.91 Å². The third-order valence-corrected chi connectivity index (χ3v) is 3.95. The summed E-state index contributed by atoms with van der Waals surface area (Å²) in [6.07, 6.45) is 0. The van der Waals surface area contributed by atoms with Crippen molar-refractivity contribution in [1.29, 1.82) is 0 Å². The summed E-state index contributed by atoms with van der Waals surface area (Å²) in [5, 5.41) is 11.9. The van der Waals surface area contributed by atoms with E-state index in [4.69, 9.17) is 16.7 Å². The molecular weight excluding hydrogens is 310 g/mol. The molecule has 0 heterocycles. The van der Waals surface area contributed by atoms with Crippen molar-refractivity contribution in [2.75, 3.05) is 11.1 Å². The van der Waals surface area contributed by atoms with Gasteiger partial charge in [0.25, 0.3) is 0 Å². The summed E-state index contributed by atoms with van der Waals surface area (Å²) >= 11 is 7.32. The van der Waals surface area contributed by atoms with Crippen LogP contribution in [0.5, 0.6) is 0 Å². The third-order valence-electron chi connectivity index (χ3n) is 2.62. The number of carbonyl (C=O) groups is 2. The molecule has 0 saturated heterocycles. The summed E-state index contributed by atoms with van der Waals surface area (Å²) in [7, 11) is 0. The van der Waals surface area contributed by atoms with Crippen molar-refractivity contribution in [3.8, 4) is 0 Å². The van der Waals surface area contributed by atoms with Crippen LogP contribution in [0.1, 0.15) is 10.4 Å². The van der Waals surface area contributed by atoms with Gasteiger partial charge in [-0.25, -0.2) is 4.79 Å². The summed E-state index contributed by atoms with van der Waals surface area (Å²) in [6, 6.07) is 13.9. The first-order valence-corrected chi connectivity index (χ1v) is 7.44. The Balaban J connectivity index is 2.05. The van der Waals surface area contributed by atoms with Crippen LogP contribution in [0.15, 0.2) is 53.4 Å². The number of para-hydroxylation sites is 1. The standard InChI is InChI=1S/C15H12ClNO3S/c16-12-8-4-7-11(15(19)20)14(12)17-13(18)9-21-10-5-2-1-3-6-10/h1-8H,9H2,(H,17,18)(H,19,20). The van der Waals surface area contributed by atoms with E-state index in [1.54, 1.807) is 0 Å². The first kappa shape index (κ1) is 15.4. The Bertz CT molecular complexity index is 661. The minimum Gasteiger partial charge on any atom is -0.478 e. The molecule has 0 fully saturated rings. The van der Waals surface area contributed by atoms with Crippen molar-refractivity contribution in [1.82, 2.24) is 0 Å². The van der Waals surface area contributed by atoms with Gasteiger partial charge in [-0.1, -0.05) is 35.9 Å². The predicted molar refractivity (Wildman–Crippen MR) is 84.2 cm³/mol. The summed E-state index contributed by atoms with van der Waals surface area (Å²) in [5.41, 5.74) is 0.103. The van der Waals surface area contributed by atoms with E-state index in [-0.39, 0.29) is 27.9 Å². The normalized spacial score (nSPS) is 10.1. The molecule has 0 atom stereocenters. The molecule has 0 aromatic heterocycles. The smallest absolute Gasteiger partial charge is 0.337 e. The highest BCUT2D eigenvalue weighted by molar-refractivity contribution is 8.00. The monoisotopic (exact) mass is 321 g/mol. The zero-order chi connectivity index (χ0) is 15.2. The largest absolute Gasteiger partial charge is 0.478 e. The quantitative estimate of drug-likeness (QED) is 0.823. The minimum atomic E-state index is -1.14. The van der Waals surface area contributed by atoms with E-state index < -0.39 is 5.97 Å². The molecular formula is C15H12ClNO3S. The molecule has 2 aromatic rings. The zero-order valence-electron chi connectivity index (χ0n) is 10.9. The highest BCUT2D eigenvalue weighted by atomic mass is 35.5. The Hall–Kier alpha value is -1.98. The number of carbonyl (C=O) groups excluding carboxylic acids is 1. The molecule has 1 amide bonds. The Morgan fingerprint density at radius 3 is 2.48 bits per heavy atom. The third kappa shape index (κ3) is 4.24. The number of nitrogens with one attached hydrogen (secondary N) is 1. The second kappa shape index (κ2) is 7.15. The van der Waals surface area contributed by atoms with E-state index in [0.717, 1.165) is 4.90 Å². The van der Waals surface area contributed by atoms with Crippen LogP contribution in [0.3, 0.4) is 0 Å². The zero-order valence-corrected chi connectivity index (χ0v) is 12.4. The van der Waals surface area contributed by atoms with E-state index in [9.17, 15) is 9.59 Å². The van der Waals surface area contributed by atoms with E-state index in [2.05, 4.69) is 5.32 Å². The van der Waals surface area contributed by atoms with Gasteiger partial charge in [-0.2, -0.15) is 0 Å². The predicted octanol–water partition coefficient (Wildman–Crippen LogP) is 3.77. The van der Waals surface area contributed by atoms with Crippen LogP contribution in [-0.2, 0) is 4.79 Å². The van der Waals surface area contributed by atoms with Crippen molar-refractivity contribution in [2.24, 2.45) is 0 Å². The fraction of sp³-hybridized carbons (Fsp3) is 0.0667. The number of carboxylic acid groups (broad SMARTS) is 1. The summed E-state index contributed by atoms with van der Waals surface area (Å²) in [6.45, 7) is 0. The second-order valence-electron chi connectivity index (χ2n) is 4.12. The molecule has 108 valence electrons. The number of rotatable bonds is 5. The SMILES string of the molecule is O=C(CSc1ccccc1)Nc1c(Cl)cccc1C(=O)O. The van der Waals surface area contributed by atoms with Gasteiger partial charge in [0.05, 0.1) is 22.0 Å². The van der Waals surface area contributed by atoms with Gasteiger partial charge in [-0.15, -0.1) is 11.8 Å². The van der Waals surface area contributed by atoms with Crippen LogP contribution in [0.25, 0.3) is 0 Å². The number of benzene rings is 2. The van der Waals surface area contributed by atoms with Gasteiger partial charge >= 0.3 is 5.97 Å². The molecule has 0 aliphatic heterocycles. The molecule has 6 heteroatoms. The van der Waals surface area contributed by atoms with E-state index in [1.165, 1.54) is 30.0 Å². The first-order chi connectivity index (χ1) is 10.1. The molecule has 2 rings (SSSR count). The molecule has 0 bridgehead atoms. The summed E-state index contributed by atoms with van der Waals surface area (Å²) < 4.78 is 0. The van der Waals surface area contributed by atoms with Gasteiger partial charge in [-0.05, 0) is 24.3 Å². The van der Waals surface area contributed by atoms with Crippen molar-refractivity contribution >= 4 is 40.9 Å². The van der Waals surface area contributed by atoms with Crippen LogP contribution >= 0.6 is 23.4 Å². The molecule has 0 radical (unpaired) electrons. The molecule has 0 saturated carbocycles. The van der Waals surface area contributed by atoms with Crippen LogP contribution in [-0.4, -0.2) is 22.7 Å². The van der Waals surface area contributed by atoms with Gasteiger partial charge in [0.1, 0.15) is 0 Å². The molecule has 4 nitrogen and oxygen atoms in total. The molecule has 0 aliphatic carbocycles. The van der Waals surface area contributed by atoms with E-state index in [1.807, 2.05) is 30.3 Å². The van der Waals surface area contributed by atoms with E-state index >= 15 is 0 Å². The number of anilines is 1. The van der Waals surface area contributed by atoms with Gasteiger partial charge in [0, 0.05) is 4.90 Å². The number of aromatic carboxylic acids is 1. The van der Waals surface area contributed by atoms with Crippen LogP contribution in [0.4, 0.5) is 5.69 Å². The van der Waals surface area contributed by atoms with Crippen LogP contribution in [0, 0.1) is 0 Å². The average molecular weight is 322 g/mol. The van der Waals surface area contributed by atoms with E-state index in [0.29, 0.717) is 0 Å². The molecule has 21 heavy (non-hydrogen) atoms. The molecule has 2 aromatic carbocycles. The first-order valence-electron chi connectivity index (χ1n) is 6.07. The molecule has 0 spiro atoms. The molecule has 2 N–H and O–H groups in total. The number of hydrogen-bond donors (Lipinski definition) is 2. The maximum absolute atomic E-state index is 11.9. The summed E-state index contributed by atoms with van der Waals surface area (Å²) in [5.74, 6) is -1.27. The van der Waals surface area contributed by atoms with Crippen LogP contribution < -0.4 is 5.32 Å². The van der Waals surface area contributed by atoms with Gasteiger partial charge in [-0.3, -0.25) is 4.79 Å². The Labute approximate surface area is 131 Å². The highest BCUT2D eigenvalue weighted by Gasteiger charge is 2.15. The van der Waals surface area contributed by atoms with Crippen molar-refractivity contribution in [3.63, 3.8) is 0 Å². The number of hydrogen-bond acceptors (Lipinski definition) is 3. The molecule has 0 aliphatic rings. The number of amides is 1. The van der Waals surface area contributed by atoms with Crippen LogP contribution in [0.2, 0.25) is 5.02 Å². The van der Waals surface area contributed by atoms with Crippen molar-refractivity contribution in [2.45, 2.75) is 4.90 Å². The fourth-order valence-corrected chi connectivity index (χ4v) is 2.61. The fourth-order valence-electron chi connectivity index (χ4n) is 1.67. The Morgan fingerprint density at radius 1 is 1.10 bits per heavy atom. The maximum Gasteiger partial charge on any atom is 0.337 e. The lowest BCUT2D eigenvalue weighted by molar-refractivity contribution is -0.113. The van der Waals surface area contributed by atoms with Gasteiger partial charge in [0.15, 0.2) is 0 Å². The number of thioether (sulfide) groups is 1. The average Bonchev–Trinajstić information content (AvgIpc) is 2.48. The Kier molecular flexibility index (Phi) is 5.25. The summed E-state index contributed by atoms with van der Waals surface area (Å²) in [4.78, 5) is 24.0. The molecule has 0 unspecified atom stereocenters. The van der Waals surface area contributed by atoms with Gasteiger partial charge < -0.3 is 10.4 Å². The number of carboxylic acids is 1. The van der Waals surface area contributed by atoms with Crippen molar-refractivity contribution in [3.05, 3.63) is 59.1 Å².